The van der Waals surface area contributed by atoms with Crippen molar-refractivity contribution in [3.05, 3.63) is 47.7 Å². The number of hydrogen-bond donors (Lipinski definition) is 1. The summed E-state index contributed by atoms with van der Waals surface area (Å²) in [5, 5.41) is 1.77. The Labute approximate surface area is 88.4 Å². The van der Waals surface area contributed by atoms with E-state index in [1.807, 2.05) is 18.2 Å². The van der Waals surface area contributed by atoms with E-state index in [4.69, 9.17) is 10.6 Å². The second-order valence-corrected chi connectivity index (χ2v) is 3.80. The lowest BCUT2D eigenvalue weighted by Crippen LogP contribution is -2.36. The number of para-hydroxylation sites is 1. The molecule has 0 radical (unpaired) electrons. The Kier molecular flexibility index (Phi) is 1.87. The molecule has 0 aromatic heterocycles. The number of nitrogens with two attached hydrogens (primary N) is 1. The van der Waals surface area contributed by atoms with Crippen LogP contribution in [0.2, 0.25) is 0 Å². The molecule has 0 amide bonds. The van der Waals surface area contributed by atoms with Gasteiger partial charge in [0.2, 0.25) is 0 Å². The number of hydrogen-bond acceptors (Lipinski definition) is 3. The van der Waals surface area contributed by atoms with Crippen LogP contribution in [-0.2, 0) is 0 Å². The molecular formula is C12H12N2O. The Morgan fingerprint density at radius 2 is 2.13 bits per heavy atom. The molecule has 0 spiro atoms. The van der Waals surface area contributed by atoms with E-state index in [1.54, 1.807) is 11.3 Å². The fourth-order valence-corrected chi connectivity index (χ4v) is 2.02. The Balaban J connectivity index is 2.11. The third kappa shape index (κ3) is 1.37. The molecular weight excluding hydrogens is 188 g/mol. The quantitative estimate of drug-likeness (QED) is 0.645. The van der Waals surface area contributed by atoms with Crippen molar-refractivity contribution in [3.8, 4) is 5.75 Å². The summed E-state index contributed by atoms with van der Waals surface area (Å²) in [7, 11) is 0. The summed E-state index contributed by atoms with van der Waals surface area (Å²) >= 11 is 0. The summed E-state index contributed by atoms with van der Waals surface area (Å²) in [5.74, 6) is 6.68. The van der Waals surface area contributed by atoms with Gasteiger partial charge in [-0.2, -0.15) is 0 Å². The minimum Gasteiger partial charge on any atom is -0.464 e. The van der Waals surface area contributed by atoms with Crippen molar-refractivity contribution in [2.75, 3.05) is 13.1 Å². The van der Waals surface area contributed by atoms with Gasteiger partial charge in [-0.05, 0) is 11.6 Å². The fraction of sp³-hybridized carbons (Fsp3) is 0.167. The van der Waals surface area contributed by atoms with Crippen LogP contribution in [0, 0.1) is 0 Å². The summed E-state index contributed by atoms with van der Waals surface area (Å²) < 4.78 is 5.56. The van der Waals surface area contributed by atoms with Crippen LogP contribution in [0.5, 0.6) is 5.75 Å². The van der Waals surface area contributed by atoms with Gasteiger partial charge >= 0.3 is 0 Å². The van der Waals surface area contributed by atoms with Crippen LogP contribution in [0.15, 0.2) is 42.2 Å². The van der Waals surface area contributed by atoms with Crippen molar-refractivity contribution < 1.29 is 4.74 Å². The van der Waals surface area contributed by atoms with Crippen LogP contribution in [0.3, 0.4) is 0 Å². The lowest BCUT2D eigenvalue weighted by Gasteiger charge is -2.28. The van der Waals surface area contributed by atoms with Gasteiger partial charge in [-0.1, -0.05) is 24.3 Å². The number of fused-ring (bicyclic) bond motifs is 3. The topological polar surface area (TPSA) is 38.5 Å². The highest BCUT2D eigenvalue weighted by Crippen LogP contribution is 2.36. The zero-order valence-electron chi connectivity index (χ0n) is 8.31. The number of rotatable bonds is 0. The fourth-order valence-electron chi connectivity index (χ4n) is 2.02. The van der Waals surface area contributed by atoms with E-state index in [-0.39, 0.29) is 0 Å². The molecule has 0 bridgehead atoms. The van der Waals surface area contributed by atoms with Crippen LogP contribution < -0.4 is 10.6 Å². The maximum Gasteiger partial charge on any atom is 0.134 e. The molecule has 0 saturated carbocycles. The summed E-state index contributed by atoms with van der Waals surface area (Å²) in [4.78, 5) is 0. The molecule has 2 N–H and O–H groups in total. The molecule has 0 atom stereocenters. The van der Waals surface area contributed by atoms with Gasteiger partial charge in [0.15, 0.2) is 0 Å². The average molecular weight is 200 g/mol. The Morgan fingerprint density at radius 1 is 1.27 bits per heavy atom. The summed E-state index contributed by atoms with van der Waals surface area (Å²) in [6.07, 6.45) is 3.95. The van der Waals surface area contributed by atoms with Crippen molar-refractivity contribution in [3.63, 3.8) is 0 Å². The molecule has 1 aromatic carbocycles. The van der Waals surface area contributed by atoms with E-state index in [0.29, 0.717) is 0 Å². The van der Waals surface area contributed by atoms with Crippen molar-refractivity contribution >= 4 is 5.57 Å². The molecule has 0 saturated heterocycles. The zero-order valence-corrected chi connectivity index (χ0v) is 8.31. The predicted octanol–water partition coefficient (Wildman–Crippen LogP) is 1.54. The normalized spacial score (nSPS) is 19.5. The molecule has 2 aliphatic heterocycles. The van der Waals surface area contributed by atoms with E-state index < -0.39 is 0 Å². The molecule has 76 valence electrons. The van der Waals surface area contributed by atoms with Crippen LogP contribution in [0.4, 0.5) is 0 Å². The largest absolute Gasteiger partial charge is 0.464 e. The molecule has 1 aromatic rings. The molecule has 3 nitrogen and oxygen atoms in total. The molecule has 2 aliphatic rings. The van der Waals surface area contributed by atoms with Crippen LogP contribution in [-0.4, -0.2) is 18.1 Å². The molecule has 0 aliphatic carbocycles. The first-order valence-corrected chi connectivity index (χ1v) is 5.00. The minimum absolute atomic E-state index is 0.750. The van der Waals surface area contributed by atoms with E-state index >= 15 is 0 Å². The van der Waals surface area contributed by atoms with Crippen LogP contribution in [0.1, 0.15) is 5.56 Å². The van der Waals surface area contributed by atoms with Gasteiger partial charge in [-0.25, -0.2) is 5.01 Å². The van der Waals surface area contributed by atoms with Crippen LogP contribution >= 0.6 is 0 Å². The Morgan fingerprint density at radius 3 is 3.07 bits per heavy atom. The number of hydrazine groups is 1. The van der Waals surface area contributed by atoms with Gasteiger partial charge in [0.05, 0.1) is 6.26 Å². The maximum atomic E-state index is 5.75. The Bertz CT molecular complexity index is 462. The van der Waals surface area contributed by atoms with Gasteiger partial charge in [-0.15, -0.1) is 0 Å². The second kappa shape index (κ2) is 3.22. The maximum absolute atomic E-state index is 5.75. The van der Waals surface area contributed by atoms with Gasteiger partial charge < -0.3 is 4.74 Å². The Hall–Kier alpha value is -1.58. The highest BCUT2D eigenvalue weighted by Gasteiger charge is 2.21. The molecule has 2 heterocycles. The molecule has 3 rings (SSSR count). The standard InChI is InChI=1S/C12H12N2O/c13-14-6-5-10-9(7-14)8-15-12-4-2-1-3-11(10)12/h1-5,8H,6-7,13H2. The third-order valence-corrected chi connectivity index (χ3v) is 2.75. The van der Waals surface area contributed by atoms with E-state index in [1.165, 1.54) is 11.1 Å². The smallest absolute Gasteiger partial charge is 0.134 e. The van der Waals surface area contributed by atoms with E-state index in [2.05, 4.69) is 12.1 Å². The molecule has 0 unspecified atom stereocenters. The second-order valence-electron chi connectivity index (χ2n) is 3.80. The van der Waals surface area contributed by atoms with Crippen molar-refractivity contribution in [2.24, 2.45) is 5.84 Å². The summed E-state index contributed by atoms with van der Waals surface area (Å²) in [6, 6.07) is 8.08. The number of benzene rings is 1. The molecule has 3 heteroatoms. The molecule has 0 fully saturated rings. The first kappa shape index (κ1) is 8.71. The summed E-state index contributed by atoms with van der Waals surface area (Å²) in [5.41, 5.74) is 3.59. The van der Waals surface area contributed by atoms with E-state index in [9.17, 15) is 0 Å². The number of ether oxygens (including phenoxy) is 1. The summed E-state index contributed by atoms with van der Waals surface area (Å²) in [6.45, 7) is 1.54. The van der Waals surface area contributed by atoms with Gasteiger partial charge in [0.25, 0.3) is 0 Å². The van der Waals surface area contributed by atoms with Crippen LogP contribution in [0.25, 0.3) is 5.57 Å². The number of nitrogens with zero attached hydrogens (tertiary/aromatic N) is 1. The first-order chi connectivity index (χ1) is 7.34. The average Bonchev–Trinajstić information content (AvgIpc) is 2.28. The molecule has 15 heavy (non-hydrogen) atoms. The monoisotopic (exact) mass is 200 g/mol. The van der Waals surface area contributed by atoms with Gasteiger partial charge in [-0.3, -0.25) is 5.84 Å². The van der Waals surface area contributed by atoms with Crippen molar-refractivity contribution in [1.82, 2.24) is 5.01 Å². The lowest BCUT2D eigenvalue weighted by atomic mass is 9.94. The highest BCUT2D eigenvalue weighted by molar-refractivity contribution is 5.84. The minimum atomic E-state index is 0.750. The van der Waals surface area contributed by atoms with Crippen molar-refractivity contribution in [2.45, 2.75) is 0 Å². The predicted molar refractivity (Wildman–Crippen MR) is 58.9 cm³/mol. The SMILES string of the molecule is NN1CC=C2C(=COc3ccccc32)C1. The van der Waals surface area contributed by atoms with E-state index in [0.717, 1.165) is 24.4 Å². The highest BCUT2D eigenvalue weighted by atomic mass is 16.5. The zero-order chi connectivity index (χ0) is 10.3. The van der Waals surface area contributed by atoms with Gasteiger partial charge in [0.1, 0.15) is 5.75 Å². The van der Waals surface area contributed by atoms with Crippen molar-refractivity contribution in [1.29, 1.82) is 0 Å². The first-order valence-electron chi connectivity index (χ1n) is 5.00. The lowest BCUT2D eigenvalue weighted by molar-refractivity contribution is 0.332. The van der Waals surface area contributed by atoms with Gasteiger partial charge in [0, 0.05) is 24.2 Å². The third-order valence-electron chi connectivity index (χ3n) is 2.75.